The summed E-state index contributed by atoms with van der Waals surface area (Å²) < 4.78 is 6.85. The second-order valence-corrected chi connectivity index (χ2v) is 20.2. The fraction of sp³-hybridized carbons (Fsp3) is 0.0545. The van der Waals surface area contributed by atoms with Crippen molar-refractivity contribution in [1.29, 1.82) is 0 Å². The first-order valence-corrected chi connectivity index (χ1v) is 22.3. The summed E-state index contributed by atoms with van der Waals surface area (Å²) in [6.45, 7) is 4.50. The first-order valence-electron chi connectivity index (χ1n) is 20.3. The van der Waals surface area contributed by atoms with Gasteiger partial charge in [-0.25, -0.2) is 0 Å². The zero-order valence-electron chi connectivity index (χ0n) is 32.3. The van der Waals surface area contributed by atoms with Crippen LogP contribution in [-0.4, -0.2) is 8.07 Å². The van der Waals surface area contributed by atoms with Crippen molar-refractivity contribution in [3.8, 4) is 33.8 Å². The van der Waals surface area contributed by atoms with E-state index in [1.807, 2.05) is 0 Å². The van der Waals surface area contributed by atoms with Crippen LogP contribution < -0.4 is 30.4 Å². The molecule has 0 amide bonds. The van der Waals surface area contributed by atoms with Gasteiger partial charge >= 0.3 is 0 Å². The highest BCUT2D eigenvalue weighted by molar-refractivity contribution is 7.24. The number of nitrogens with zero attached hydrogens (tertiary/aromatic N) is 1. The number of rotatable bonds is 1. The second-order valence-electron chi connectivity index (χ2n) is 16.5. The van der Waals surface area contributed by atoms with Crippen molar-refractivity contribution < 1.29 is 4.74 Å². The van der Waals surface area contributed by atoms with Crippen LogP contribution in [0.25, 0.3) is 33.0 Å². The van der Waals surface area contributed by atoms with E-state index in [9.17, 15) is 0 Å². The van der Waals surface area contributed by atoms with E-state index < -0.39 is 13.5 Å². The Morgan fingerprint density at radius 3 is 1.71 bits per heavy atom. The number of aryl methyl sites for hydroxylation is 2. The summed E-state index contributed by atoms with van der Waals surface area (Å²) >= 11 is 0. The van der Waals surface area contributed by atoms with E-state index in [0.717, 1.165) is 11.5 Å². The SMILES string of the molecule is Cc1ccc2c(c1)[Si]1(c3ccccc3-c3ccc(N4c5ccccc5C5(c6ccccc6Oc6ccc7ccccc7c65)c5ccccc54)cc31)c1cc(C)ccc1-2. The molecule has 0 radical (unpaired) electrons. The minimum atomic E-state index is -2.70. The summed E-state index contributed by atoms with van der Waals surface area (Å²) in [7, 11) is -2.70. The Hall–Kier alpha value is -6.94. The number of para-hydroxylation sites is 3. The van der Waals surface area contributed by atoms with Crippen molar-refractivity contribution in [2.75, 3.05) is 4.90 Å². The lowest BCUT2D eigenvalue weighted by Gasteiger charge is -2.49. The molecule has 13 rings (SSSR count). The molecule has 272 valence electrons. The van der Waals surface area contributed by atoms with E-state index in [0.29, 0.717) is 0 Å². The van der Waals surface area contributed by atoms with Crippen LogP contribution in [0, 0.1) is 13.8 Å². The van der Waals surface area contributed by atoms with Crippen LogP contribution in [0.1, 0.15) is 33.4 Å². The van der Waals surface area contributed by atoms with E-state index in [1.54, 1.807) is 0 Å². The van der Waals surface area contributed by atoms with Crippen molar-refractivity contribution >= 4 is 56.7 Å². The van der Waals surface area contributed by atoms with Crippen LogP contribution >= 0.6 is 0 Å². The summed E-state index contributed by atoms with van der Waals surface area (Å²) in [5, 5.41) is 8.41. The molecule has 0 saturated carbocycles. The molecule has 4 aliphatic rings. The summed E-state index contributed by atoms with van der Waals surface area (Å²) in [4.78, 5) is 2.55. The van der Waals surface area contributed by atoms with Crippen LogP contribution in [0.4, 0.5) is 17.1 Å². The molecule has 9 aromatic carbocycles. The smallest absolute Gasteiger partial charge is 0.182 e. The fourth-order valence-electron chi connectivity index (χ4n) is 11.5. The Balaban J connectivity index is 1.13. The number of hydrogen-bond acceptors (Lipinski definition) is 2. The average Bonchev–Trinajstić information content (AvgIpc) is 3.72. The van der Waals surface area contributed by atoms with E-state index >= 15 is 0 Å². The Morgan fingerprint density at radius 2 is 0.983 bits per heavy atom. The predicted molar refractivity (Wildman–Crippen MR) is 242 cm³/mol. The predicted octanol–water partition coefficient (Wildman–Crippen LogP) is 11.1. The third-order valence-corrected chi connectivity index (χ3v) is 18.5. The largest absolute Gasteiger partial charge is 0.457 e. The van der Waals surface area contributed by atoms with Crippen LogP contribution in [0.15, 0.2) is 188 Å². The monoisotopic (exact) mass is 755 g/mol. The number of benzene rings is 9. The molecule has 9 aromatic rings. The van der Waals surface area contributed by atoms with Crippen molar-refractivity contribution in [3.63, 3.8) is 0 Å². The molecule has 4 aliphatic heterocycles. The van der Waals surface area contributed by atoms with Gasteiger partial charge in [-0.1, -0.05) is 163 Å². The highest BCUT2D eigenvalue weighted by Crippen LogP contribution is 2.64. The van der Waals surface area contributed by atoms with Gasteiger partial charge in [0.25, 0.3) is 0 Å². The summed E-state index contributed by atoms with van der Waals surface area (Å²) in [5.74, 6) is 1.80. The first-order chi connectivity index (χ1) is 28.6. The van der Waals surface area contributed by atoms with Crippen LogP contribution in [0.3, 0.4) is 0 Å². The van der Waals surface area contributed by atoms with Gasteiger partial charge in [-0.3, -0.25) is 0 Å². The molecular weight excluding hydrogens is 719 g/mol. The van der Waals surface area contributed by atoms with Gasteiger partial charge in [0.2, 0.25) is 0 Å². The standard InChI is InChI=1S/C55H37NOSi/c1-34-23-27-40-41-28-24-35(2)32-52(41)58(51(40)31-34)50-22-12-5-15-39(50)42-29-26-37(33-53(42)58)56-46-19-9-6-16-43(46)55(44-17-7-10-20-47(44)56)45-18-8-11-21-48(45)57-49-30-25-36-13-3-4-14-38(36)54(49)55/h3-33H,1-2H3. The van der Waals surface area contributed by atoms with Gasteiger partial charge in [0, 0.05) is 16.8 Å². The molecule has 0 aromatic heterocycles. The molecule has 0 bridgehead atoms. The fourth-order valence-corrected chi connectivity index (χ4v) is 17.3. The summed E-state index contributed by atoms with van der Waals surface area (Å²) in [6.07, 6.45) is 0. The van der Waals surface area contributed by atoms with E-state index in [1.165, 1.54) is 104 Å². The summed E-state index contributed by atoms with van der Waals surface area (Å²) in [6, 6.07) is 71.1. The van der Waals surface area contributed by atoms with Gasteiger partial charge in [-0.05, 0) is 115 Å². The minimum Gasteiger partial charge on any atom is -0.457 e. The molecule has 58 heavy (non-hydrogen) atoms. The van der Waals surface area contributed by atoms with Gasteiger partial charge in [0.15, 0.2) is 8.07 Å². The topological polar surface area (TPSA) is 12.5 Å². The van der Waals surface area contributed by atoms with Gasteiger partial charge in [-0.15, -0.1) is 0 Å². The lowest BCUT2D eigenvalue weighted by molar-refractivity contribution is 0.436. The Labute approximate surface area is 339 Å². The molecule has 0 unspecified atom stereocenters. The third-order valence-electron chi connectivity index (χ3n) is 13.6. The number of hydrogen-bond donors (Lipinski definition) is 0. The maximum absolute atomic E-state index is 6.85. The van der Waals surface area contributed by atoms with Gasteiger partial charge in [-0.2, -0.15) is 0 Å². The average molecular weight is 756 g/mol. The molecule has 2 nitrogen and oxygen atoms in total. The number of anilines is 3. The molecule has 0 N–H and O–H groups in total. The Morgan fingerprint density at radius 1 is 0.431 bits per heavy atom. The quantitative estimate of drug-likeness (QED) is 0.155. The van der Waals surface area contributed by atoms with Crippen LogP contribution in [0.2, 0.25) is 0 Å². The maximum atomic E-state index is 6.85. The van der Waals surface area contributed by atoms with Gasteiger partial charge in [0.05, 0.1) is 16.8 Å². The highest BCUT2D eigenvalue weighted by atomic mass is 28.3. The lowest BCUT2D eigenvalue weighted by Crippen LogP contribution is -2.70. The van der Waals surface area contributed by atoms with Gasteiger partial charge in [0.1, 0.15) is 11.5 Å². The first kappa shape index (κ1) is 32.2. The minimum absolute atomic E-state index is 0.629. The number of ether oxygens (including phenoxy) is 1. The normalized spacial score (nSPS) is 15.1. The van der Waals surface area contributed by atoms with Crippen molar-refractivity contribution in [3.05, 3.63) is 221 Å². The Kier molecular flexibility index (Phi) is 6.29. The molecule has 0 aliphatic carbocycles. The zero-order valence-corrected chi connectivity index (χ0v) is 33.3. The lowest BCUT2D eigenvalue weighted by atomic mass is 9.60. The van der Waals surface area contributed by atoms with E-state index in [-0.39, 0.29) is 0 Å². The highest BCUT2D eigenvalue weighted by Gasteiger charge is 2.55. The van der Waals surface area contributed by atoms with Crippen molar-refractivity contribution in [2.45, 2.75) is 19.3 Å². The maximum Gasteiger partial charge on any atom is 0.182 e. The van der Waals surface area contributed by atoms with Crippen molar-refractivity contribution in [1.82, 2.24) is 0 Å². The molecule has 2 spiro atoms. The Bertz CT molecular complexity index is 3170. The number of fused-ring (bicyclic) bond motifs is 20. The summed E-state index contributed by atoms with van der Waals surface area (Å²) in [5.41, 5.74) is 15.9. The second kappa shape index (κ2) is 11.3. The molecule has 3 heteroatoms. The van der Waals surface area contributed by atoms with Crippen molar-refractivity contribution in [2.24, 2.45) is 0 Å². The molecule has 0 fully saturated rings. The van der Waals surface area contributed by atoms with Crippen LogP contribution in [0.5, 0.6) is 11.5 Å². The van der Waals surface area contributed by atoms with Gasteiger partial charge < -0.3 is 9.64 Å². The zero-order chi connectivity index (χ0) is 38.3. The van der Waals surface area contributed by atoms with E-state index in [4.69, 9.17) is 4.74 Å². The molecule has 4 heterocycles. The molecule has 0 saturated heterocycles. The molecule has 0 atom stereocenters. The van der Waals surface area contributed by atoms with E-state index in [2.05, 4.69) is 207 Å². The third kappa shape index (κ3) is 3.83. The van der Waals surface area contributed by atoms with Crippen LogP contribution in [-0.2, 0) is 5.41 Å². The molecular formula is C55H37NOSi.